The highest BCUT2D eigenvalue weighted by Gasteiger charge is 2.05. The van der Waals surface area contributed by atoms with Crippen LogP contribution in [-0.2, 0) is 6.42 Å². The van der Waals surface area contributed by atoms with E-state index in [0.717, 1.165) is 18.4 Å². The van der Waals surface area contributed by atoms with Gasteiger partial charge < -0.3 is 10.8 Å². The molecule has 2 heteroatoms. The van der Waals surface area contributed by atoms with Gasteiger partial charge in [-0.2, -0.15) is 0 Å². The summed E-state index contributed by atoms with van der Waals surface area (Å²) in [7, 11) is 0. The molecule has 1 aromatic rings. The van der Waals surface area contributed by atoms with E-state index in [4.69, 9.17) is 5.73 Å². The first-order valence-corrected chi connectivity index (χ1v) is 5.56. The van der Waals surface area contributed by atoms with E-state index >= 15 is 0 Å². The lowest BCUT2D eigenvalue weighted by Gasteiger charge is -2.06. The predicted octanol–water partition coefficient (Wildman–Crippen LogP) is 1.70. The number of aryl methyl sites for hydroxylation is 1. The fraction of sp³-hybridized carbons (Fsp3) is 0.429. The molecule has 0 spiro atoms. The Morgan fingerprint density at radius 1 is 1.38 bits per heavy atom. The van der Waals surface area contributed by atoms with Crippen molar-refractivity contribution in [3.05, 3.63) is 35.4 Å². The minimum atomic E-state index is -0.937. The molecule has 0 aromatic heterocycles. The molecule has 2 nitrogen and oxygen atoms in total. The second-order valence-electron chi connectivity index (χ2n) is 4.40. The quantitative estimate of drug-likeness (QED) is 0.757. The van der Waals surface area contributed by atoms with Crippen LogP contribution in [-0.4, -0.2) is 17.3 Å². The van der Waals surface area contributed by atoms with Crippen molar-refractivity contribution in [1.29, 1.82) is 0 Å². The molecule has 0 fully saturated rings. The molecule has 16 heavy (non-hydrogen) atoms. The van der Waals surface area contributed by atoms with Crippen LogP contribution in [0, 0.1) is 11.8 Å². The molecule has 0 saturated heterocycles. The van der Waals surface area contributed by atoms with Gasteiger partial charge in [0.05, 0.1) is 0 Å². The van der Waals surface area contributed by atoms with Crippen molar-refractivity contribution in [1.82, 2.24) is 0 Å². The molecule has 0 heterocycles. The Hall–Kier alpha value is -1.30. The first-order valence-electron chi connectivity index (χ1n) is 5.56. The molecule has 86 valence electrons. The molecule has 0 bridgehead atoms. The number of rotatable bonds is 3. The van der Waals surface area contributed by atoms with Crippen LogP contribution in [0.1, 0.15) is 31.4 Å². The average molecular weight is 217 g/mol. The Morgan fingerprint density at radius 2 is 2.12 bits per heavy atom. The van der Waals surface area contributed by atoms with Crippen molar-refractivity contribution in [3.8, 4) is 11.8 Å². The molecule has 0 amide bonds. The van der Waals surface area contributed by atoms with Crippen LogP contribution < -0.4 is 5.73 Å². The standard InChI is InChI=1S/C14H19NO/c1-14(2,16)9-8-13-6-3-5-12(11-13)7-4-10-15/h3,5-6,11,16H,4,7,10,15H2,1-2H3. The van der Waals surface area contributed by atoms with Gasteiger partial charge in [-0.05, 0) is 50.9 Å². The number of hydrogen-bond acceptors (Lipinski definition) is 2. The smallest absolute Gasteiger partial charge is 0.120 e. The van der Waals surface area contributed by atoms with E-state index in [1.165, 1.54) is 5.56 Å². The Morgan fingerprint density at radius 3 is 2.75 bits per heavy atom. The van der Waals surface area contributed by atoms with Gasteiger partial charge >= 0.3 is 0 Å². The predicted molar refractivity (Wildman–Crippen MR) is 67.0 cm³/mol. The summed E-state index contributed by atoms with van der Waals surface area (Å²) in [5.41, 5.74) is 6.72. The summed E-state index contributed by atoms with van der Waals surface area (Å²) in [4.78, 5) is 0. The zero-order valence-electron chi connectivity index (χ0n) is 9.96. The number of hydrogen-bond donors (Lipinski definition) is 2. The summed E-state index contributed by atoms with van der Waals surface area (Å²) in [6, 6.07) is 8.06. The zero-order valence-corrected chi connectivity index (χ0v) is 9.96. The summed E-state index contributed by atoms with van der Waals surface area (Å²) in [6.07, 6.45) is 1.97. The van der Waals surface area contributed by atoms with Crippen LogP contribution in [0.4, 0.5) is 0 Å². The van der Waals surface area contributed by atoms with Crippen LogP contribution in [0.15, 0.2) is 24.3 Å². The Labute approximate surface area is 97.5 Å². The van der Waals surface area contributed by atoms with Gasteiger partial charge in [-0.25, -0.2) is 0 Å². The molecule has 0 radical (unpaired) electrons. The molecular weight excluding hydrogens is 198 g/mol. The molecule has 0 aliphatic carbocycles. The molecule has 0 unspecified atom stereocenters. The molecule has 0 saturated carbocycles. The van der Waals surface area contributed by atoms with Gasteiger partial charge in [-0.1, -0.05) is 24.0 Å². The van der Waals surface area contributed by atoms with Crippen molar-refractivity contribution in [2.75, 3.05) is 6.54 Å². The lowest BCUT2D eigenvalue weighted by molar-refractivity contribution is 0.143. The van der Waals surface area contributed by atoms with Crippen LogP contribution in [0.5, 0.6) is 0 Å². The van der Waals surface area contributed by atoms with Gasteiger partial charge in [-0.3, -0.25) is 0 Å². The lowest BCUT2D eigenvalue weighted by atomic mass is 10.1. The molecule has 1 aromatic carbocycles. The van der Waals surface area contributed by atoms with E-state index in [-0.39, 0.29) is 0 Å². The molecule has 0 aliphatic rings. The normalized spacial score (nSPS) is 10.8. The van der Waals surface area contributed by atoms with Gasteiger partial charge in [0.15, 0.2) is 0 Å². The van der Waals surface area contributed by atoms with E-state index in [2.05, 4.69) is 24.0 Å². The summed E-state index contributed by atoms with van der Waals surface area (Å²) in [5.74, 6) is 5.77. The van der Waals surface area contributed by atoms with Gasteiger partial charge in [-0.15, -0.1) is 0 Å². The van der Waals surface area contributed by atoms with Crippen molar-refractivity contribution < 1.29 is 5.11 Å². The molecular formula is C14H19NO. The third-order valence-corrected chi connectivity index (χ3v) is 2.11. The Kier molecular flexibility index (Phi) is 4.54. The third kappa shape index (κ3) is 4.97. The van der Waals surface area contributed by atoms with E-state index in [9.17, 15) is 5.11 Å². The number of benzene rings is 1. The van der Waals surface area contributed by atoms with Crippen LogP contribution in [0.2, 0.25) is 0 Å². The zero-order chi connectivity index (χ0) is 12.0. The van der Waals surface area contributed by atoms with Crippen molar-refractivity contribution >= 4 is 0 Å². The molecule has 0 aliphatic heterocycles. The Bertz CT molecular complexity index is 393. The second-order valence-corrected chi connectivity index (χ2v) is 4.40. The minimum Gasteiger partial charge on any atom is -0.378 e. The fourth-order valence-corrected chi connectivity index (χ4v) is 1.34. The monoisotopic (exact) mass is 217 g/mol. The topological polar surface area (TPSA) is 46.2 Å². The van der Waals surface area contributed by atoms with E-state index in [1.807, 2.05) is 12.1 Å². The highest BCUT2D eigenvalue weighted by molar-refractivity contribution is 5.38. The SMILES string of the molecule is CC(C)(O)C#Cc1cccc(CCCN)c1. The first kappa shape index (κ1) is 12.8. The summed E-state index contributed by atoms with van der Waals surface area (Å²) >= 11 is 0. The highest BCUT2D eigenvalue weighted by atomic mass is 16.3. The maximum Gasteiger partial charge on any atom is 0.120 e. The van der Waals surface area contributed by atoms with Crippen LogP contribution >= 0.6 is 0 Å². The number of aliphatic hydroxyl groups is 1. The Balaban J connectivity index is 2.77. The number of nitrogens with two attached hydrogens (primary N) is 1. The summed E-state index contributed by atoms with van der Waals surface area (Å²) < 4.78 is 0. The minimum absolute atomic E-state index is 0.708. The maximum atomic E-state index is 9.50. The van der Waals surface area contributed by atoms with E-state index in [1.54, 1.807) is 13.8 Å². The first-order chi connectivity index (χ1) is 7.51. The lowest BCUT2D eigenvalue weighted by Crippen LogP contribution is -2.14. The highest BCUT2D eigenvalue weighted by Crippen LogP contribution is 2.07. The van der Waals surface area contributed by atoms with Crippen LogP contribution in [0.25, 0.3) is 0 Å². The van der Waals surface area contributed by atoms with Crippen molar-refractivity contribution in [2.45, 2.75) is 32.3 Å². The van der Waals surface area contributed by atoms with Gasteiger partial charge in [0.1, 0.15) is 5.60 Å². The van der Waals surface area contributed by atoms with Crippen molar-refractivity contribution in [2.24, 2.45) is 5.73 Å². The summed E-state index contributed by atoms with van der Waals surface area (Å²) in [6.45, 7) is 4.07. The molecule has 1 rings (SSSR count). The van der Waals surface area contributed by atoms with Gasteiger partial charge in [0, 0.05) is 5.56 Å². The fourth-order valence-electron chi connectivity index (χ4n) is 1.34. The van der Waals surface area contributed by atoms with E-state index in [0.29, 0.717) is 6.54 Å². The third-order valence-electron chi connectivity index (χ3n) is 2.11. The average Bonchev–Trinajstić information content (AvgIpc) is 2.23. The molecule has 0 atom stereocenters. The van der Waals surface area contributed by atoms with E-state index < -0.39 is 5.60 Å². The summed E-state index contributed by atoms with van der Waals surface area (Å²) in [5, 5.41) is 9.50. The molecule has 3 N–H and O–H groups in total. The largest absolute Gasteiger partial charge is 0.378 e. The van der Waals surface area contributed by atoms with Crippen molar-refractivity contribution in [3.63, 3.8) is 0 Å². The second kappa shape index (κ2) is 5.69. The van der Waals surface area contributed by atoms with Gasteiger partial charge in [0.2, 0.25) is 0 Å². The van der Waals surface area contributed by atoms with Crippen LogP contribution in [0.3, 0.4) is 0 Å². The van der Waals surface area contributed by atoms with Gasteiger partial charge in [0.25, 0.3) is 0 Å². The maximum absolute atomic E-state index is 9.50.